The molecule has 172 valence electrons. The Labute approximate surface area is 203 Å². The minimum atomic E-state index is -0.443. The van der Waals surface area contributed by atoms with Crippen molar-refractivity contribution in [2.75, 3.05) is 0 Å². The normalized spacial score (nSPS) is 21.8. The van der Waals surface area contributed by atoms with E-state index in [1.165, 1.54) is 12.2 Å². The van der Waals surface area contributed by atoms with Crippen molar-refractivity contribution in [2.24, 2.45) is 11.8 Å². The first-order valence-corrected chi connectivity index (χ1v) is 11.5. The lowest BCUT2D eigenvalue weighted by molar-refractivity contribution is -0.120. The Balaban J connectivity index is 1.81. The summed E-state index contributed by atoms with van der Waals surface area (Å²) in [4.78, 5) is 27.0. The largest absolute Gasteiger partial charge is 0.293 e. The van der Waals surface area contributed by atoms with Crippen molar-refractivity contribution in [3.05, 3.63) is 95.8 Å². The van der Waals surface area contributed by atoms with E-state index in [9.17, 15) is 10.1 Å². The average molecular weight is 463 g/mol. The molecule has 35 heavy (non-hydrogen) atoms. The monoisotopic (exact) mass is 462 g/mol. The zero-order chi connectivity index (χ0) is 24.7. The van der Waals surface area contributed by atoms with Crippen LogP contribution in [0.3, 0.4) is 0 Å². The van der Waals surface area contributed by atoms with Gasteiger partial charge in [-0.2, -0.15) is 5.26 Å². The van der Waals surface area contributed by atoms with Gasteiger partial charge in [0.1, 0.15) is 11.9 Å². The summed E-state index contributed by atoms with van der Waals surface area (Å²) in [6.45, 7) is 7.24. The van der Waals surface area contributed by atoms with Crippen LogP contribution >= 0.6 is 0 Å². The molecular weight excluding hydrogens is 439 g/mol. The third-order valence-corrected chi connectivity index (χ3v) is 7.00. The number of fused-ring (bicyclic) bond motifs is 4. The van der Waals surface area contributed by atoms with E-state index in [0.29, 0.717) is 23.5 Å². The number of pyridine rings is 1. The molecule has 0 bridgehead atoms. The average Bonchev–Trinajstić information content (AvgIpc) is 3.25. The second-order valence-corrected chi connectivity index (χ2v) is 8.83. The van der Waals surface area contributed by atoms with Gasteiger partial charge in [-0.05, 0) is 37.5 Å². The zero-order valence-electron chi connectivity index (χ0n) is 19.5. The van der Waals surface area contributed by atoms with Gasteiger partial charge >= 0.3 is 0 Å². The minimum absolute atomic E-state index is 0.0587. The first-order valence-electron chi connectivity index (χ1n) is 11.5. The van der Waals surface area contributed by atoms with Crippen LogP contribution in [-0.4, -0.2) is 20.7 Å². The molecule has 2 heterocycles. The van der Waals surface area contributed by atoms with Gasteiger partial charge < -0.3 is 0 Å². The number of ketones is 1. The molecule has 3 aromatic rings. The van der Waals surface area contributed by atoms with E-state index >= 15 is 4.39 Å². The molecule has 0 amide bonds. The van der Waals surface area contributed by atoms with E-state index in [2.05, 4.69) is 11.6 Å². The van der Waals surface area contributed by atoms with Gasteiger partial charge in [-0.15, -0.1) is 0 Å². The van der Waals surface area contributed by atoms with Crippen molar-refractivity contribution >= 4 is 22.3 Å². The Hall–Kier alpha value is -4.24. The molecule has 3 unspecified atom stereocenters. The van der Waals surface area contributed by atoms with Crippen LogP contribution in [0.5, 0.6) is 0 Å². The molecule has 5 nitrogen and oxygen atoms in total. The summed E-state index contributed by atoms with van der Waals surface area (Å²) >= 11 is 0. The van der Waals surface area contributed by atoms with E-state index < -0.39 is 5.83 Å². The second-order valence-electron chi connectivity index (χ2n) is 8.83. The molecule has 0 radical (unpaired) electrons. The van der Waals surface area contributed by atoms with Crippen molar-refractivity contribution in [1.82, 2.24) is 15.0 Å². The van der Waals surface area contributed by atoms with Gasteiger partial charge in [-0.3, -0.25) is 9.78 Å². The Bertz CT molecular complexity index is 1520. The number of allylic oxidation sites excluding steroid dienone is 7. The van der Waals surface area contributed by atoms with Crippen molar-refractivity contribution in [1.29, 1.82) is 5.26 Å². The second kappa shape index (κ2) is 8.84. The summed E-state index contributed by atoms with van der Waals surface area (Å²) < 4.78 is 15.2. The number of rotatable bonds is 4. The topological polar surface area (TPSA) is 79.5 Å². The predicted octanol–water partition coefficient (Wildman–Crippen LogP) is 6.06. The number of Topliss-reactive ketones (excluding diaryl/α,β-unsaturated/α-hetero) is 1. The molecule has 3 atom stereocenters. The summed E-state index contributed by atoms with van der Waals surface area (Å²) in [5, 5.41) is 10.4. The fourth-order valence-corrected chi connectivity index (χ4v) is 5.24. The van der Waals surface area contributed by atoms with Crippen LogP contribution in [0, 0.1) is 23.2 Å². The maximum Gasteiger partial charge on any atom is 0.176 e. The molecule has 0 spiro atoms. The third-order valence-electron chi connectivity index (χ3n) is 7.00. The maximum absolute atomic E-state index is 15.2. The van der Waals surface area contributed by atoms with Gasteiger partial charge in [0, 0.05) is 40.1 Å². The van der Waals surface area contributed by atoms with Crippen molar-refractivity contribution in [3.8, 4) is 17.5 Å². The number of nitrogens with zero attached hydrogens (tertiary/aromatic N) is 4. The Morgan fingerprint density at radius 1 is 1.26 bits per heavy atom. The Kier molecular flexibility index (Phi) is 5.70. The van der Waals surface area contributed by atoms with Gasteiger partial charge in [0.25, 0.3) is 0 Å². The summed E-state index contributed by atoms with van der Waals surface area (Å²) in [5.41, 5.74) is 4.17. The number of benzene rings is 1. The lowest BCUT2D eigenvalue weighted by Crippen LogP contribution is -2.29. The first kappa shape index (κ1) is 22.5. The van der Waals surface area contributed by atoms with E-state index in [0.717, 1.165) is 27.7 Å². The molecule has 0 aliphatic heterocycles. The molecule has 0 saturated heterocycles. The molecule has 0 N–H and O–H groups in total. The van der Waals surface area contributed by atoms with Gasteiger partial charge in [0.2, 0.25) is 0 Å². The zero-order valence-corrected chi connectivity index (χ0v) is 19.5. The molecule has 0 fully saturated rings. The fourth-order valence-electron chi connectivity index (χ4n) is 5.24. The summed E-state index contributed by atoms with van der Waals surface area (Å²) in [6, 6.07) is 11.6. The van der Waals surface area contributed by atoms with Gasteiger partial charge in [-0.1, -0.05) is 49.9 Å². The van der Waals surface area contributed by atoms with Crippen LogP contribution in [0.4, 0.5) is 4.39 Å². The van der Waals surface area contributed by atoms with E-state index in [-0.39, 0.29) is 29.1 Å². The fraction of sp³-hybridized carbons (Fsp3) is 0.207. The van der Waals surface area contributed by atoms with Gasteiger partial charge in [-0.25, -0.2) is 14.4 Å². The van der Waals surface area contributed by atoms with Gasteiger partial charge in [0.05, 0.1) is 22.5 Å². The lowest BCUT2D eigenvalue weighted by atomic mass is 9.74. The number of carbonyl (C=O) groups excluding carboxylic acids is 1. The van der Waals surface area contributed by atoms with Crippen molar-refractivity contribution in [3.63, 3.8) is 0 Å². The highest BCUT2D eigenvalue weighted by molar-refractivity contribution is 6.02. The molecule has 2 aliphatic rings. The van der Waals surface area contributed by atoms with Crippen LogP contribution in [-0.2, 0) is 11.2 Å². The van der Waals surface area contributed by atoms with E-state index in [1.807, 2.05) is 43.3 Å². The number of halogens is 1. The quantitative estimate of drug-likeness (QED) is 0.440. The van der Waals surface area contributed by atoms with Crippen LogP contribution in [0.1, 0.15) is 36.7 Å². The molecule has 0 saturated carbocycles. The highest BCUT2D eigenvalue weighted by Gasteiger charge is 2.45. The van der Waals surface area contributed by atoms with Crippen LogP contribution in [0.25, 0.3) is 27.9 Å². The summed E-state index contributed by atoms with van der Waals surface area (Å²) in [7, 11) is 0. The lowest BCUT2D eigenvalue weighted by Gasteiger charge is -2.27. The highest BCUT2D eigenvalue weighted by atomic mass is 19.1. The third kappa shape index (κ3) is 3.60. The van der Waals surface area contributed by atoms with Crippen molar-refractivity contribution in [2.45, 2.75) is 26.2 Å². The number of hydrogen-bond donors (Lipinski definition) is 0. The Morgan fingerprint density at radius 2 is 2.06 bits per heavy atom. The molecule has 2 aromatic heterocycles. The predicted molar refractivity (Wildman–Crippen MR) is 134 cm³/mol. The number of hydrogen-bond acceptors (Lipinski definition) is 5. The SMILES string of the molecule is C=C/C=C(F)\C(=C/C)c1nc(-c2ccnc3ccccc23)nc2c1CC1C(C)C(=O)C(C#N)=CC21. The number of para-hydroxylation sites is 1. The molecule has 6 heteroatoms. The molecule has 1 aromatic carbocycles. The summed E-state index contributed by atoms with van der Waals surface area (Å²) in [6.07, 6.45) is 8.38. The van der Waals surface area contributed by atoms with Crippen molar-refractivity contribution < 1.29 is 9.18 Å². The Morgan fingerprint density at radius 3 is 2.80 bits per heavy atom. The van der Waals surface area contributed by atoms with E-state index in [1.54, 1.807) is 25.3 Å². The molecule has 5 rings (SSSR count). The number of aromatic nitrogens is 3. The van der Waals surface area contributed by atoms with Gasteiger partial charge in [0.15, 0.2) is 11.6 Å². The van der Waals surface area contributed by atoms with Crippen LogP contribution < -0.4 is 0 Å². The smallest absolute Gasteiger partial charge is 0.176 e. The molecule has 2 aliphatic carbocycles. The summed E-state index contributed by atoms with van der Waals surface area (Å²) in [5.74, 6) is -0.751. The first-order chi connectivity index (χ1) is 17.0. The molecular formula is C29H23FN4O. The minimum Gasteiger partial charge on any atom is -0.293 e. The standard InChI is InChI=1S/C29H23FN4O/c1-4-8-24(30)18(5-2)26-23-14-21-16(3)28(35)17(15-31)13-22(21)27(23)34-29(33-26)20-11-12-32-25-10-7-6-9-19(20)25/h4-13,16,21-22H,1,14H2,2-3H3/b18-5+,24-8+. The highest BCUT2D eigenvalue weighted by Crippen LogP contribution is 2.48. The number of nitriles is 1. The van der Waals surface area contributed by atoms with Crippen LogP contribution in [0.2, 0.25) is 0 Å². The van der Waals surface area contributed by atoms with E-state index in [4.69, 9.17) is 9.97 Å². The maximum atomic E-state index is 15.2. The van der Waals surface area contributed by atoms with Crippen LogP contribution in [0.15, 0.2) is 78.8 Å². The number of carbonyl (C=O) groups is 1.